The molecule has 2 N–H and O–H groups in total. The molecular formula is C17H24N4O4. The fourth-order valence-electron chi connectivity index (χ4n) is 2.89. The van der Waals surface area contributed by atoms with Crippen molar-refractivity contribution in [2.45, 2.75) is 13.0 Å². The van der Waals surface area contributed by atoms with Gasteiger partial charge in [0.1, 0.15) is 5.69 Å². The van der Waals surface area contributed by atoms with E-state index >= 15 is 0 Å². The lowest BCUT2D eigenvalue weighted by Gasteiger charge is -2.35. The first-order valence-electron chi connectivity index (χ1n) is 8.54. The predicted octanol–water partition coefficient (Wildman–Crippen LogP) is 0.825. The third-order valence-corrected chi connectivity index (χ3v) is 4.23. The van der Waals surface area contributed by atoms with Gasteiger partial charge in [0.25, 0.3) is 5.91 Å². The molecule has 0 bridgehead atoms. The van der Waals surface area contributed by atoms with Gasteiger partial charge in [-0.3, -0.25) is 14.8 Å². The van der Waals surface area contributed by atoms with Crippen LogP contribution in [0, 0.1) is 0 Å². The van der Waals surface area contributed by atoms with Gasteiger partial charge in [-0.25, -0.2) is 0 Å². The summed E-state index contributed by atoms with van der Waals surface area (Å²) in [4.78, 5) is 16.5. The number of nitrogens with zero attached hydrogens (tertiary/aromatic N) is 3. The van der Waals surface area contributed by atoms with E-state index in [4.69, 9.17) is 9.15 Å². The third kappa shape index (κ3) is 4.47. The standard InChI is InChI=1S/C17H24N4O4/c1-2-24-12-13(22)11-20-5-7-21(8-6-20)17(23)15-10-14(18-19-15)16-4-3-9-25-16/h3-4,9-10,13,22H,2,5-8,11-12H2,1H3,(H,18,19)/t13-/m1/s1. The van der Waals surface area contributed by atoms with Crippen LogP contribution in [0.1, 0.15) is 17.4 Å². The van der Waals surface area contributed by atoms with Gasteiger partial charge < -0.3 is 19.2 Å². The van der Waals surface area contributed by atoms with Crippen LogP contribution in [0.3, 0.4) is 0 Å². The van der Waals surface area contributed by atoms with Gasteiger partial charge in [0.2, 0.25) is 0 Å². The highest BCUT2D eigenvalue weighted by Crippen LogP contribution is 2.19. The molecule has 3 rings (SSSR count). The van der Waals surface area contributed by atoms with Crippen molar-refractivity contribution in [1.82, 2.24) is 20.0 Å². The minimum Gasteiger partial charge on any atom is -0.463 e. The molecule has 2 aromatic heterocycles. The Morgan fingerprint density at radius 3 is 2.92 bits per heavy atom. The molecule has 3 heterocycles. The Balaban J connectivity index is 1.50. The van der Waals surface area contributed by atoms with Crippen LogP contribution >= 0.6 is 0 Å². The predicted molar refractivity (Wildman–Crippen MR) is 91.1 cm³/mol. The number of H-pyrrole nitrogens is 1. The fraction of sp³-hybridized carbons (Fsp3) is 0.529. The van der Waals surface area contributed by atoms with Crippen LogP contribution in [0.5, 0.6) is 0 Å². The Morgan fingerprint density at radius 1 is 1.44 bits per heavy atom. The van der Waals surface area contributed by atoms with E-state index in [1.165, 1.54) is 0 Å². The van der Waals surface area contributed by atoms with Gasteiger partial charge in [0.15, 0.2) is 11.5 Å². The number of aromatic nitrogens is 2. The molecule has 25 heavy (non-hydrogen) atoms. The fourth-order valence-corrected chi connectivity index (χ4v) is 2.89. The van der Waals surface area contributed by atoms with Gasteiger partial charge in [0, 0.05) is 45.4 Å². The number of carbonyl (C=O) groups is 1. The zero-order chi connectivity index (χ0) is 17.6. The summed E-state index contributed by atoms with van der Waals surface area (Å²) in [5, 5.41) is 16.8. The maximum absolute atomic E-state index is 12.6. The topological polar surface area (TPSA) is 94.8 Å². The van der Waals surface area contributed by atoms with Crippen molar-refractivity contribution in [2.24, 2.45) is 0 Å². The number of nitrogens with one attached hydrogen (secondary N) is 1. The Kier molecular flexibility index (Phi) is 5.85. The van der Waals surface area contributed by atoms with Crippen LogP contribution in [-0.4, -0.2) is 83.1 Å². The Morgan fingerprint density at radius 2 is 2.24 bits per heavy atom. The van der Waals surface area contributed by atoms with E-state index in [0.717, 1.165) is 13.1 Å². The highest BCUT2D eigenvalue weighted by atomic mass is 16.5. The second-order valence-electron chi connectivity index (χ2n) is 6.05. The number of hydrogen-bond acceptors (Lipinski definition) is 6. The number of aliphatic hydroxyl groups is 1. The first-order valence-corrected chi connectivity index (χ1v) is 8.54. The van der Waals surface area contributed by atoms with Crippen molar-refractivity contribution in [3.8, 4) is 11.5 Å². The van der Waals surface area contributed by atoms with Crippen molar-refractivity contribution in [3.05, 3.63) is 30.2 Å². The normalized spacial score (nSPS) is 17.0. The van der Waals surface area contributed by atoms with E-state index in [0.29, 0.717) is 50.0 Å². The molecule has 1 amide bonds. The molecule has 0 saturated carbocycles. The van der Waals surface area contributed by atoms with E-state index in [1.54, 1.807) is 23.3 Å². The lowest BCUT2D eigenvalue weighted by Crippen LogP contribution is -2.50. The molecule has 1 aliphatic heterocycles. The Hall–Kier alpha value is -2.16. The summed E-state index contributed by atoms with van der Waals surface area (Å²) in [6.07, 6.45) is 1.08. The van der Waals surface area contributed by atoms with E-state index in [2.05, 4.69) is 15.1 Å². The summed E-state index contributed by atoms with van der Waals surface area (Å²) in [5.41, 5.74) is 1.07. The Bertz CT molecular complexity index is 662. The zero-order valence-corrected chi connectivity index (χ0v) is 14.4. The van der Waals surface area contributed by atoms with Crippen molar-refractivity contribution >= 4 is 5.91 Å². The highest BCUT2D eigenvalue weighted by molar-refractivity contribution is 5.93. The molecular weight excluding hydrogens is 324 g/mol. The van der Waals surface area contributed by atoms with E-state index in [1.807, 2.05) is 13.0 Å². The number of carbonyl (C=O) groups excluding carboxylic acids is 1. The maximum Gasteiger partial charge on any atom is 0.274 e. The van der Waals surface area contributed by atoms with Crippen molar-refractivity contribution in [3.63, 3.8) is 0 Å². The molecule has 1 atom stereocenters. The second-order valence-corrected chi connectivity index (χ2v) is 6.05. The highest BCUT2D eigenvalue weighted by Gasteiger charge is 2.25. The van der Waals surface area contributed by atoms with Gasteiger partial charge in [-0.05, 0) is 19.1 Å². The molecule has 2 aromatic rings. The summed E-state index contributed by atoms with van der Waals surface area (Å²) in [5.74, 6) is 0.559. The van der Waals surface area contributed by atoms with Gasteiger partial charge in [-0.2, -0.15) is 5.10 Å². The van der Waals surface area contributed by atoms with Crippen LogP contribution in [0.4, 0.5) is 0 Å². The largest absolute Gasteiger partial charge is 0.463 e. The minimum atomic E-state index is -0.496. The van der Waals surface area contributed by atoms with Gasteiger partial charge in [0.05, 0.1) is 19.0 Å². The number of hydrogen-bond donors (Lipinski definition) is 2. The molecule has 136 valence electrons. The maximum atomic E-state index is 12.6. The average molecular weight is 348 g/mol. The van der Waals surface area contributed by atoms with Crippen molar-refractivity contribution < 1.29 is 19.1 Å². The number of aromatic amines is 1. The summed E-state index contributed by atoms with van der Waals surface area (Å²) in [7, 11) is 0. The summed E-state index contributed by atoms with van der Waals surface area (Å²) in [6, 6.07) is 5.31. The van der Waals surface area contributed by atoms with Crippen molar-refractivity contribution in [2.75, 3.05) is 45.9 Å². The van der Waals surface area contributed by atoms with E-state index in [-0.39, 0.29) is 5.91 Å². The smallest absolute Gasteiger partial charge is 0.274 e. The van der Waals surface area contributed by atoms with Gasteiger partial charge in [-0.15, -0.1) is 0 Å². The van der Waals surface area contributed by atoms with Crippen LogP contribution in [0.25, 0.3) is 11.5 Å². The third-order valence-electron chi connectivity index (χ3n) is 4.23. The van der Waals surface area contributed by atoms with Gasteiger partial charge >= 0.3 is 0 Å². The molecule has 0 aliphatic carbocycles. The van der Waals surface area contributed by atoms with Crippen LogP contribution < -0.4 is 0 Å². The van der Waals surface area contributed by atoms with Crippen LogP contribution in [-0.2, 0) is 4.74 Å². The van der Waals surface area contributed by atoms with Gasteiger partial charge in [-0.1, -0.05) is 0 Å². The molecule has 1 fully saturated rings. The lowest BCUT2D eigenvalue weighted by atomic mass is 10.2. The molecule has 0 aromatic carbocycles. The average Bonchev–Trinajstić information content (AvgIpc) is 3.31. The summed E-state index contributed by atoms with van der Waals surface area (Å²) < 4.78 is 10.5. The summed E-state index contributed by atoms with van der Waals surface area (Å²) >= 11 is 0. The van der Waals surface area contributed by atoms with Crippen molar-refractivity contribution in [1.29, 1.82) is 0 Å². The molecule has 0 unspecified atom stereocenters. The van der Waals surface area contributed by atoms with Crippen LogP contribution in [0.2, 0.25) is 0 Å². The first kappa shape index (κ1) is 17.7. The number of furan rings is 1. The molecule has 8 nitrogen and oxygen atoms in total. The number of ether oxygens (including phenoxy) is 1. The lowest BCUT2D eigenvalue weighted by molar-refractivity contribution is 0.0110. The SMILES string of the molecule is CCOC[C@H](O)CN1CCN(C(=O)c2cc(-c3ccco3)[nH]n2)CC1. The van der Waals surface area contributed by atoms with E-state index in [9.17, 15) is 9.90 Å². The molecule has 0 spiro atoms. The first-order chi connectivity index (χ1) is 12.2. The Labute approximate surface area is 146 Å². The monoisotopic (exact) mass is 348 g/mol. The molecule has 1 aliphatic rings. The van der Waals surface area contributed by atoms with Crippen LogP contribution in [0.15, 0.2) is 28.9 Å². The number of aliphatic hydroxyl groups excluding tert-OH is 1. The molecule has 0 radical (unpaired) electrons. The zero-order valence-electron chi connectivity index (χ0n) is 14.4. The van der Waals surface area contributed by atoms with E-state index < -0.39 is 6.10 Å². The number of β-amino-alcohol motifs (C(OH)–C–C–N with tert-alkyl or cyclic N) is 1. The number of amides is 1. The number of rotatable bonds is 7. The minimum absolute atomic E-state index is 0.0939. The number of piperazine rings is 1. The molecule has 1 saturated heterocycles. The molecule has 8 heteroatoms. The summed E-state index contributed by atoms with van der Waals surface area (Å²) in [6.45, 7) is 6.10. The second kappa shape index (κ2) is 8.28. The quantitative estimate of drug-likeness (QED) is 0.769.